The van der Waals surface area contributed by atoms with Gasteiger partial charge in [0.2, 0.25) is 0 Å². The summed E-state index contributed by atoms with van der Waals surface area (Å²) in [6.07, 6.45) is 3.41. The van der Waals surface area contributed by atoms with Gasteiger partial charge in [0.15, 0.2) is 0 Å². The van der Waals surface area contributed by atoms with Crippen molar-refractivity contribution in [2.45, 2.75) is 24.5 Å². The van der Waals surface area contributed by atoms with Crippen LogP contribution in [0, 0.1) is 18.3 Å². The van der Waals surface area contributed by atoms with Crippen LogP contribution in [0.5, 0.6) is 0 Å². The van der Waals surface area contributed by atoms with E-state index in [1.807, 2.05) is 25.3 Å². The van der Waals surface area contributed by atoms with Crippen molar-refractivity contribution >= 4 is 17.7 Å². The van der Waals surface area contributed by atoms with E-state index in [1.165, 1.54) is 0 Å². The maximum atomic E-state index is 12.3. The molecule has 1 amide bonds. The van der Waals surface area contributed by atoms with Crippen molar-refractivity contribution in [2.75, 3.05) is 19.3 Å². The summed E-state index contributed by atoms with van der Waals surface area (Å²) in [5, 5.41) is 9.23. The molecule has 1 saturated heterocycles. The molecule has 2 rings (SSSR count). The molecule has 1 fully saturated rings. The lowest BCUT2D eigenvalue weighted by atomic mass is 9.97. The van der Waals surface area contributed by atoms with Gasteiger partial charge in [-0.15, -0.1) is 11.8 Å². The quantitative estimate of drug-likeness (QED) is 0.830. The Morgan fingerprint density at radius 2 is 2.16 bits per heavy atom. The molecule has 0 aliphatic carbocycles. The molecule has 0 atom stereocenters. The van der Waals surface area contributed by atoms with Crippen molar-refractivity contribution in [3.8, 4) is 6.07 Å². The molecule has 1 aromatic heterocycles. The third-order valence-electron chi connectivity index (χ3n) is 3.56. The Labute approximate surface area is 117 Å². The zero-order valence-corrected chi connectivity index (χ0v) is 12.0. The molecule has 4 nitrogen and oxygen atoms in total. The second-order valence-corrected chi connectivity index (χ2v) is 5.96. The highest BCUT2D eigenvalue weighted by Gasteiger charge is 2.35. The molecule has 5 heteroatoms. The van der Waals surface area contributed by atoms with E-state index < -0.39 is 0 Å². The molecule has 1 aliphatic rings. The fraction of sp³-hybridized carbons (Fsp3) is 0.500. The van der Waals surface area contributed by atoms with Crippen molar-refractivity contribution in [3.05, 3.63) is 29.6 Å². The first-order valence-corrected chi connectivity index (χ1v) is 7.52. The number of likely N-dealkylation sites (tertiary alicyclic amines) is 1. The second-order valence-electron chi connectivity index (χ2n) is 4.77. The average Bonchev–Trinajstić information content (AvgIpc) is 2.46. The lowest BCUT2D eigenvalue weighted by molar-refractivity contribution is 0.0710. The van der Waals surface area contributed by atoms with Crippen molar-refractivity contribution in [3.63, 3.8) is 0 Å². The van der Waals surface area contributed by atoms with E-state index in [9.17, 15) is 10.1 Å². The molecule has 0 aromatic carbocycles. The third-order valence-corrected chi connectivity index (χ3v) is 4.84. The Bertz CT molecular complexity index is 516. The molecule has 100 valence electrons. The summed E-state index contributed by atoms with van der Waals surface area (Å²) in [4.78, 5) is 18.4. The van der Waals surface area contributed by atoms with Gasteiger partial charge in [0.1, 0.15) is 10.4 Å². The molecule has 0 saturated carbocycles. The van der Waals surface area contributed by atoms with Crippen LogP contribution in [0.2, 0.25) is 0 Å². The van der Waals surface area contributed by atoms with Crippen molar-refractivity contribution < 1.29 is 4.79 Å². The zero-order chi connectivity index (χ0) is 13.9. The predicted octanol–water partition coefficient (Wildman–Crippen LogP) is 2.25. The topological polar surface area (TPSA) is 57.0 Å². The van der Waals surface area contributed by atoms with Gasteiger partial charge in [-0.05, 0) is 38.2 Å². The molecule has 0 unspecified atom stereocenters. The normalized spacial score (nSPS) is 17.8. The lowest BCUT2D eigenvalue weighted by Crippen LogP contribution is -2.44. The molecule has 0 spiro atoms. The van der Waals surface area contributed by atoms with Crippen LogP contribution < -0.4 is 0 Å². The number of amides is 1. The first-order chi connectivity index (χ1) is 9.10. The number of hydrogen-bond acceptors (Lipinski definition) is 4. The molecule has 1 aliphatic heterocycles. The van der Waals surface area contributed by atoms with Crippen LogP contribution in [-0.2, 0) is 0 Å². The zero-order valence-electron chi connectivity index (χ0n) is 11.2. The highest BCUT2D eigenvalue weighted by Crippen LogP contribution is 2.34. The van der Waals surface area contributed by atoms with E-state index in [0.29, 0.717) is 18.8 Å². The Morgan fingerprint density at radius 1 is 1.47 bits per heavy atom. The van der Waals surface area contributed by atoms with E-state index in [2.05, 4.69) is 11.1 Å². The number of rotatable bonds is 2. The van der Waals surface area contributed by atoms with Gasteiger partial charge >= 0.3 is 0 Å². The molecular weight excluding hydrogens is 258 g/mol. The number of hydrogen-bond donors (Lipinski definition) is 0. The number of aryl methyl sites for hydroxylation is 1. The standard InChI is InChI=1S/C14H17N3OS/c1-11-4-3-5-12(16-11)13(18)17-8-6-14(10-15,19-2)7-9-17/h3-5H,6-9H2,1-2H3. The van der Waals surface area contributed by atoms with E-state index in [4.69, 9.17) is 0 Å². The first kappa shape index (κ1) is 13.9. The molecule has 0 radical (unpaired) electrons. The summed E-state index contributed by atoms with van der Waals surface area (Å²) >= 11 is 1.59. The number of carbonyl (C=O) groups is 1. The van der Waals surface area contributed by atoms with Crippen molar-refractivity contribution in [1.29, 1.82) is 5.26 Å². The van der Waals surface area contributed by atoms with Crippen molar-refractivity contribution in [2.24, 2.45) is 0 Å². The van der Waals surface area contributed by atoms with Crippen LogP contribution in [0.15, 0.2) is 18.2 Å². The van der Waals surface area contributed by atoms with Gasteiger partial charge in [0.25, 0.3) is 5.91 Å². The first-order valence-electron chi connectivity index (χ1n) is 6.29. The summed E-state index contributed by atoms with van der Waals surface area (Å²) in [5.74, 6) is -0.0312. The van der Waals surface area contributed by atoms with E-state index in [0.717, 1.165) is 18.5 Å². The SMILES string of the molecule is CSC1(C#N)CCN(C(=O)c2cccc(C)n2)CC1. The number of nitriles is 1. The van der Waals surface area contributed by atoms with Crippen molar-refractivity contribution in [1.82, 2.24) is 9.88 Å². The fourth-order valence-electron chi connectivity index (χ4n) is 2.26. The summed E-state index contributed by atoms with van der Waals surface area (Å²) < 4.78 is -0.323. The van der Waals surface area contributed by atoms with Crippen LogP contribution in [-0.4, -0.2) is 39.9 Å². The van der Waals surface area contributed by atoms with Crippen LogP contribution in [0.25, 0.3) is 0 Å². The van der Waals surface area contributed by atoms with Crippen LogP contribution in [0.3, 0.4) is 0 Å². The van der Waals surface area contributed by atoms with Gasteiger partial charge in [0, 0.05) is 18.8 Å². The van der Waals surface area contributed by atoms with Gasteiger partial charge in [-0.2, -0.15) is 5.26 Å². The lowest BCUT2D eigenvalue weighted by Gasteiger charge is -2.36. The fourth-order valence-corrected chi connectivity index (χ4v) is 2.94. The Hall–Kier alpha value is -1.54. The predicted molar refractivity (Wildman–Crippen MR) is 76.0 cm³/mol. The number of nitrogens with zero attached hydrogens (tertiary/aromatic N) is 3. The number of piperidine rings is 1. The van der Waals surface area contributed by atoms with E-state index >= 15 is 0 Å². The second kappa shape index (κ2) is 5.62. The van der Waals surface area contributed by atoms with Crippen LogP contribution in [0.1, 0.15) is 29.0 Å². The monoisotopic (exact) mass is 275 g/mol. The summed E-state index contributed by atoms with van der Waals surface area (Å²) in [7, 11) is 0. The average molecular weight is 275 g/mol. The number of pyridine rings is 1. The minimum absolute atomic E-state index is 0.0312. The third kappa shape index (κ3) is 2.90. The highest BCUT2D eigenvalue weighted by molar-refractivity contribution is 8.00. The Morgan fingerprint density at radius 3 is 2.68 bits per heavy atom. The largest absolute Gasteiger partial charge is 0.337 e. The number of aromatic nitrogens is 1. The number of carbonyl (C=O) groups excluding carboxylic acids is 1. The smallest absolute Gasteiger partial charge is 0.272 e. The van der Waals surface area contributed by atoms with Gasteiger partial charge in [0.05, 0.1) is 6.07 Å². The van der Waals surface area contributed by atoms with Gasteiger partial charge < -0.3 is 4.90 Å². The summed E-state index contributed by atoms with van der Waals surface area (Å²) in [6.45, 7) is 3.13. The minimum Gasteiger partial charge on any atom is -0.337 e. The summed E-state index contributed by atoms with van der Waals surface area (Å²) in [6, 6.07) is 7.86. The molecule has 2 heterocycles. The molecule has 19 heavy (non-hydrogen) atoms. The summed E-state index contributed by atoms with van der Waals surface area (Å²) in [5.41, 5.74) is 1.34. The minimum atomic E-state index is -0.323. The van der Waals surface area contributed by atoms with Crippen LogP contribution >= 0.6 is 11.8 Å². The molecule has 0 N–H and O–H groups in total. The highest BCUT2D eigenvalue weighted by atomic mass is 32.2. The molecule has 0 bridgehead atoms. The van der Waals surface area contributed by atoms with Crippen LogP contribution in [0.4, 0.5) is 0 Å². The van der Waals surface area contributed by atoms with E-state index in [-0.39, 0.29) is 10.7 Å². The Kier molecular flexibility index (Phi) is 4.11. The maximum Gasteiger partial charge on any atom is 0.272 e. The van der Waals surface area contributed by atoms with Gasteiger partial charge in [-0.1, -0.05) is 6.07 Å². The molecule has 1 aromatic rings. The van der Waals surface area contributed by atoms with Gasteiger partial charge in [-0.3, -0.25) is 4.79 Å². The van der Waals surface area contributed by atoms with Gasteiger partial charge in [-0.25, -0.2) is 4.98 Å². The maximum absolute atomic E-state index is 12.3. The number of thioether (sulfide) groups is 1. The van der Waals surface area contributed by atoms with E-state index in [1.54, 1.807) is 22.7 Å². The Balaban J connectivity index is 2.06. The molecular formula is C14H17N3OS.